The van der Waals surface area contributed by atoms with Gasteiger partial charge >= 0.3 is 0 Å². The number of ether oxygens (including phenoxy) is 4. The van der Waals surface area contributed by atoms with Gasteiger partial charge in [-0.2, -0.15) is 0 Å². The Morgan fingerprint density at radius 1 is 1.00 bits per heavy atom. The van der Waals surface area contributed by atoms with Crippen LogP contribution in [0.4, 0.5) is 0 Å². The Morgan fingerprint density at radius 3 is 2.38 bits per heavy atom. The van der Waals surface area contributed by atoms with E-state index < -0.39 is 18.2 Å². The van der Waals surface area contributed by atoms with Crippen molar-refractivity contribution >= 4 is 0 Å². The van der Waals surface area contributed by atoms with Crippen LogP contribution in [0.25, 0.3) is 0 Å². The van der Waals surface area contributed by atoms with Gasteiger partial charge in [0, 0.05) is 19.4 Å². The van der Waals surface area contributed by atoms with E-state index in [4.69, 9.17) is 18.9 Å². The summed E-state index contributed by atoms with van der Waals surface area (Å²) in [5, 5.41) is 10.1. The lowest BCUT2D eigenvalue weighted by molar-refractivity contribution is -0.255. The molecule has 0 bridgehead atoms. The number of fused-ring (bicyclic) bond motifs is 1. The summed E-state index contributed by atoms with van der Waals surface area (Å²) in [6.45, 7) is 4.70. The summed E-state index contributed by atoms with van der Waals surface area (Å²) >= 11 is 0. The van der Waals surface area contributed by atoms with Gasteiger partial charge in [-0.15, -0.1) is 0 Å². The lowest BCUT2D eigenvalue weighted by atomic mass is 9.94. The van der Waals surface area contributed by atoms with E-state index in [9.17, 15) is 5.11 Å². The monoisotopic (exact) mass is 370 g/mol. The zero-order valence-corrected chi connectivity index (χ0v) is 16.7. The van der Waals surface area contributed by atoms with Crippen molar-refractivity contribution in [2.24, 2.45) is 0 Å². The largest absolute Gasteiger partial charge is 0.391 e. The van der Waals surface area contributed by atoms with E-state index >= 15 is 0 Å². The molecule has 0 radical (unpaired) electrons. The zero-order chi connectivity index (χ0) is 18.4. The van der Waals surface area contributed by atoms with Crippen LogP contribution in [0.15, 0.2) is 0 Å². The van der Waals surface area contributed by atoms with Crippen LogP contribution in [0.5, 0.6) is 0 Å². The zero-order valence-electron chi connectivity index (χ0n) is 16.7. The molecule has 1 N–H and O–H groups in total. The third kappa shape index (κ3) is 4.99. The van der Waals surface area contributed by atoms with E-state index in [1.165, 1.54) is 44.9 Å². The van der Waals surface area contributed by atoms with Crippen molar-refractivity contribution in [1.29, 1.82) is 0 Å². The van der Waals surface area contributed by atoms with E-state index in [-0.39, 0.29) is 18.3 Å². The smallest absolute Gasteiger partial charge is 0.190 e. The van der Waals surface area contributed by atoms with Gasteiger partial charge in [-0.05, 0) is 26.2 Å². The van der Waals surface area contributed by atoms with Crippen LogP contribution in [0.1, 0.15) is 90.9 Å². The first-order chi connectivity index (χ1) is 12.7. The lowest BCUT2D eigenvalue weighted by Crippen LogP contribution is -2.43. The van der Waals surface area contributed by atoms with Crippen LogP contribution >= 0.6 is 0 Å². The minimum atomic E-state index is -0.589. The molecular weight excluding hydrogens is 332 g/mol. The van der Waals surface area contributed by atoms with Crippen molar-refractivity contribution in [3.8, 4) is 0 Å². The Morgan fingerprint density at radius 2 is 1.69 bits per heavy atom. The van der Waals surface area contributed by atoms with Gasteiger partial charge in [0.05, 0.1) is 6.10 Å². The third-order valence-electron chi connectivity index (χ3n) is 6.04. The molecule has 2 saturated heterocycles. The lowest BCUT2D eigenvalue weighted by Gasteiger charge is -2.34. The Bertz CT molecular complexity index is 407. The fraction of sp³-hybridized carbons (Fsp3) is 1.00. The van der Waals surface area contributed by atoms with Gasteiger partial charge in [-0.3, -0.25) is 0 Å². The maximum absolute atomic E-state index is 10.1. The predicted molar refractivity (Wildman–Crippen MR) is 99.8 cm³/mol. The van der Waals surface area contributed by atoms with Gasteiger partial charge in [-0.1, -0.05) is 51.9 Å². The fourth-order valence-corrected chi connectivity index (χ4v) is 4.54. The fourth-order valence-electron chi connectivity index (χ4n) is 4.54. The highest BCUT2D eigenvalue weighted by Crippen LogP contribution is 2.46. The van der Waals surface area contributed by atoms with Crippen LogP contribution in [0.2, 0.25) is 0 Å². The number of hydrogen-bond acceptors (Lipinski definition) is 5. The van der Waals surface area contributed by atoms with Crippen molar-refractivity contribution in [2.75, 3.05) is 6.61 Å². The molecule has 5 atom stereocenters. The summed E-state index contributed by atoms with van der Waals surface area (Å²) in [7, 11) is 0. The molecule has 0 aromatic carbocycles. The summed E-state index contributed by atoms with van der Waals surface area (Å²) in [6, 6.07) is 0. The normalized spacial score (nSPS) is 34.3. The standard InChI is InChI=1S/C21H38O5/c1-3-4-5-6-7-8-12-15-23-18-17(16(2)22)24-20-19(18)25-21(26-20)13-10-9-11-14-21/h16-20,22H,3-15H2,1-2H3/t16-,17-,18+,19-,20-/m1/s1. The molecule has 2 heterocycles. The van der Waals surface area contributed by atoms with Crippen LogP contribution in [-0.4, -0.2) is 48.2 Å². The van der Waals surface area contributed by atoms with Crippen molar-refractivity contribution in [2.45, 2.75) is 127 Å². The molecule has 152 valence electrons. The third-order valence-corrected chi connectivity index (χ3v) is 6.04. The first kappa shape index (κ1) is 20.5. The van der Waals surface area contributed by atoms with Crippen molar-refractivity contribution in [3.63, 3.8) is 0 Å². The highest BCUT2D eigenvalue weighted by molar-refractivity contribution is 4.98. The summed E-state index contributed by atoms with van der Waals surface area (Å²) in [5.74, 6) is -0.474. The molecule has 5 nitrogen and oxygen atoms in total. The molecule has 0 unspecified atom stereocenters. The van der Waals surface area contributed by atoms with E-state index in [0.717, 1.165) is 32.1 Å². The molecule has 1 saturated carbocycles. The Hall–Kier alpha value is -0.200. The maximum Gasteiger partial charge on any atom is 0.190 e. The second-order valence-electron chi connectivity index (χ2n) is 8.34. The topological polar surface area (TPSA) is 57.2 Å². The number of aliphatic hydroxyl groups excluding tert-OH is 1. The highest BCUT2D eigenvalue weighted by Gasteiger charge is 2.59. The summed E-state index contributed by atoms with van der Waals surface area (Å²) in [5.41, 5.74) is 0. The number of aliphatic hydroxyl groups is 1. The SMILES string of the molecule is CCCCCCCCCO[C@@H]1[C@H]2OC3(CCCCC3)O[C@H]2O[C@@H]1[C@@H](C)O. The van der Waals surface area contributed by atoms with Gasteiger partial charge in [0.2, 0.25) is 0 Å². The molecule has 0 amide bonds. The first-order valence-electron chi connectivity index (χ1n) is 11.0. The minimum Gasteiger partial charge on any atom is -0.391 e. The molecule has 1 spiro atoms. The van der Waals surface area contributed by atoms with Crippen LogP contribution in [0.3, 0.4) is 0 Å². The number of rotatable bonds is 10. The molecule has 3 fully saturated rings. The molecule has 0 aromatic heterocycles. The van der Waals surface area contributed by atoms with Crippen LogP contribution in [0, 0.1) is 0 Å². The van der Waals surface area contributed by atoms with Crippen LogP contribution in [-0.2, 0) is 18.9 Å². The van der Waals surface area contributed by atoms with Crippen molar-refractivity contribution in [1.82, 2.24) is 0 Å². The van der Waals surface area contributed by atoms with Gasteiger partial charge < -0.3 is 24.1 Å². The van der Waals surface area contributed by atoms with Crippen molar-refractivity contribution in [3.05, 3.63) is 0 Å². The van der Waals surface area contributed by atoms with E-state index in [2.05, 4.69) is 6.92 Å². The highest BCUT2D eigenvalue weighted by atomic mass is 16.8. The molecule has 0 aromatic rings. The van der Waals surface area contributed by atoms with Gasteiger partial charge in [0.1, 0.15) is 18.3 Å². The Kier molecular flexibility index (Phi) is 7.76. The van der Waals surface area contributed by atoms with Crippen molar-refractivity contribution < 1.29 is 24.1 Å². The second kappa shape index (κ2) is 9.83. The molecule has 3 rings (SSSR count). The number of hydrogen-bond donors (Lipinski definition) is 1. The molecule has 26 heavy (non-hydrogen) atoms. The average molecular weight is 371 g/mol. The summed E-state index contributed by atoms with van der Waals surface area (Å²) < 4.78 is 24.7. The van der Waals surface area contributed by atoms with E-state index in [1.54, 1.807) is 6.92 Å². The quantitative estimate of drug-likeness (QED) is 0.581. The second-order valence-corrected chi connectivity index (χ2v) is 8.34. The summed E-state index contributed by atoms with van der Waals surface area (Å²) in [4.78, 5) is 0. The molecule has 1 aliphatic carbocycles. The van der Waals surface area contributed by atoms with Gasteiger partial charge in [0.25, 0.3) is 0 Å². The Balaban J connectivity index is 1.44. The summed E-state index contributed by atoms with van der Waals surface area (Å²) in [6.07, 6.45) is 12.4. The van der Waals surface area contributed by atoms with Gasteiger partial charge in [-0.25, -0.2) is 0 Å². The molecule has 3 aliphatic rings. The molecule has 5 heteroatoms. The van der Waals surface area contributed by atoms with Gasteiger partial charge in [0.15, 0.2) is 12.1 Å². The minimum absolute atomic E-state index is 0.211. The van der Waals surface area contributed by atoms with E-state index in [1.807, 2.05) is 0 Å². The predicted octanol–water partition coefficient (Wildman–Crippen LogP) is 4.30. The maximum atomic E-state index is 10.1. The number of unbranched alkanes of at least 4 members (excludes halogenated alkanes) is 6. The molecule has 2 aliphatic heterocycles. The first-order valence-corrected chi connectivity index (χ1v) is 11.0. The Labute approximate surface area is 158 Å². The van der Waals surface area contributed by atoms with Crippen LogP contribution < -0.4 is 0 Å². The average Bonchev–Trinajstić information content (AvgIpc) is 3.12. The van der Waals surface area contributed by atoms with E-state index in [0.29, 0.717) is 6.61 Å². The molecular formula is C21H38O5.